The third-order valence-electron chi connectivity index (χ3n) is 7.07. The first kappa shape index (κ1) is 21.8. The van der Waals surface area contributed by atoms with Crippen molar-refractivity contribution in [3.05, 3.63) is 57.8 Å². The van der Waals surface area contributed by atoms with E-state index in [4.69, 9.17) is 9.72 Å². The molecular weight excluding hydrogens is 418 g/mol. The summed E-state index contributed by atoms with van der Waals surface area (Å²) in [5, 5.41) is 5.07. The molecule has 3 aromatic rings. The third-order valence-corrected chi connectivity index (χ3v) is 7.07. The van der Waals surface area contributed by atoms with Gasteiger partial charge in [-0.2, -0.15) is 5.10 Å². The van der Waals surface area contributed by atoms with Crippen LogP contribution in [-0.4, -0.2) is 50.3 Å². The molecule has 5 rings (SSSR count). The van der Waals surface area contributed by atoms with Crippen molar-refractivity contribution in [2.24, 2.45) is 5.92 Å². The second-order valence-corrected chi connectivity index (χ2v) is 9.33. The molecule has 0 radical (unpaired) electrons. The Bertz CT molecular complexity index is 1190. The molecule has 1 unspecified atom stereocenters. The number of carbonyl (C=O) groups is 1. The van der Waals surface area contributed by atoms with Gasteiger partial charge < -0.3 is 9.72 Å². The van der Waals surface area contributed by atoms with E-state index in [1.807, 2.05) is 35.9 Å². The van der Waals surface area contributed by atoms with Crippen LogP contribution in [0.1, 0.15) is 73.4 Å². The highest BCUT2D eigenvalue weighted by Crippen LogP contribution is 2.32. The molecule has 0 spiro atoms. The molecule has 1 aliphatic heterocycles. The van der Waals surface area contributed by atoms with Gasteiger partial charge in [0, 0.05) is 13.1 Å². The summed E-state index contributed by atoms with van der Waals surface area (Å²) >= 11 is 0. The second kappa shape index (κ2) is 9.09. The topological polar surface area (TPSA) is 93.1 Å². The number of nitrogens with zero attached hydrogens (tertiary/aromatic N) is 4. The highest BCUT2D eigenvalue weighted by Gasteiger charge is 2.32. The van der Waals surface area contributed by atoms with Crippen LogP contribution in [0, 0.1) is 5.92 Å². The van der Waals surface area contributed by atoms with Crippen molar-refractivity contribution >= 4 is 17.0 Å². The Morgan fingerprint density at radius 3 is 2.64 bits per heavy atom. The molecular formula is C25H31N5O3. The SMILES string of the molecule is CCOC(=O)c1ccc(CC2CN(C(C)c3nc4c(cnn4C4CCCC4)c(=O)[nH]3)C2)cc1. The van der Waals surface area contributed by atoms with Crippen LogP contribution in [0.3, 0.4) is 0 Å². The zero-order valence-corrected chi connectivity index (χ0v) is 19.3. The van der Waals surface area contributed by atoms with Gasteiger partial charge in [-0.25, -0.2) is 14.5 Å². The summed E-state index contributed by atoms with van der Waals surface area (Å²) in [5.41, 5.74) is 2.41. The van der Waals surface area contributed by atoms with Crippen LogP contribution in [-0.2, 0) is 11.2 Å². The van der Waals surface area contributed by atoms with E-state index in [0.29, 0.717) is 41.0 Å². The Morgan fingerprint density at radius 2 is 1.94 bits per heavy atom. The summed E-state index contributed by atoms with van der Waals surface area (Å²) in [4.78, 5) is 34.7. The number of ether oxygens (including phenoxy) is 1. The molecule has 8 heteroatoms. The number of rotatable bonds is 7. The molecule has 1 saturated heterocycles. The van der Waals surface area contributed by atoms with Gasteiger partial charge in [-0.3, -0.25) is 9.69 Å². The highest BCUT2D eigenvalue weighted by atomic mass is 16.5. The minimum atomic E-state index is -0.277. The molecule has 2 fully saturated rings. The summed E-state index contributed by atoms with van der Waals surface area (Å²) in [6.45, 7) is 6.19. The van der Waals surface area contributed by atoms with Gasteiger partial charge in [0.15, 0.2) is 5.65 Å². The predicted octanol–water partition coefficient (Wildman–Crippen LogP) is 3.65. The van der Waals surface area contributed by atoms with Crippen LogP contribution in [0.25, 0.3) is 11.0 Å². The summed E-state index contributed by atoms with van der Waals surface area (Å²) < 4.78 is 7.01. The van der Waals surface area contributed by atoms with Gasteiger partial charge in [0.25, 0.3) is 5.56 Å². The van der Waals surface area contributed by atoms with Gasteiger partial charge in [-0.15, -0.1) is 0 Å². The number of aromatic nitrogens is 4. The Morgan fingerprint density at radius 1 is 1.21 bits per heavy atom. The van der Waals surface area contributed by atoms with Crippen LogP contribution in [0.5, 0.6) is 0 Å². The van der Waals surface area contributed by atoms with Gasteiger partial charge >= 0.3 is 5.97 Å². The largest absolute Gasteiger partial charge is 0.462 e. The van der Waals surface area contributed by atoms with Crippen molar-refractivity contribution in [2.75, 3.05) is 19.7 Å². The molecule has 33 heavy (non-hydrogen) atoms. The predicted molar refractivity (Wildman–Crippen MR) is 125 cm³/mol. The van der Waals surface area contributed by atoms with Crippen LogP contribution < -0.4 is 5.56 Å². The van der Waals surface area contributed by atoms with Crippen LogP contribution in [0.4, 0.5) is 0 Å². The van der Waals surface area contributed by atoms with E-state index in [0.717, 1.165) is 32.4 Å². The van der Waals surface area contributed by atoms with Crippen LogP contribution >= 0.6 is 0 Å². The minimum absolute atomic E-state index is 0.0384. The lowest BCUT2D eigenvalue weighted by atomic mass is 9.90. The number of nitrogens with one attached hydrogen (secondary N) is 1. The number of H-pyrrole nitrogens is 1. The second-order valence-electron chi connectivity index (χ2n) is 9.33. The standard InChI is InChI=1S/C25H31N5O3/c1-3-33-25(32)19-10-8-17(9-11-19)12-18-14-29(15-18)16(2)22-27-23-21(24(31)28-22)13-26-30(23)20-6-4-5-7-20/h8-11,13,16,18,20H,3-7,12,14-15H2,1-2H3,(H,27,28,31). The van der Waals surface area contributed by atoms with Crippen molar-refractivity contribution < 1.29 is 9.53 Å². The van der Waals surface area contributed by atoms with Crippen molar-refractivity contribution in [1.82, 2.24) is 24.6 Å². The molecule has 1 aromatic carbocycles. The Kier molecular flexibility index (Phi) is 6.01. The Balaban J connectivity index is 1.23. The lowest BCUT2D eigenvalue weighted by Crippen LogP contribution is -2.49. The maximum Gasteiger partial charge on any atom is 0.338 e. The zero-order valence-electron chi connectivity index (χ0n) is 19.3. The minimum Gasteiger partial charge on any atom is -0.462 e. The third kappa shape index (κ3) is 4.31. The number of carbonyl (C=O) groups excluding carboxylic acids is 1. The fourth-order valence-corrected chi connectivity index (χ4v) is 5.12. The average Bonchev–Trinajstić information content (AvgIpc) is 3.46. The van der Waals surface area contributed by atoms with E-state index in [1.54, 1.807) is 6.20 Å². The van der Waals surface area contributed by atoms with Gasteiger partial charge in [-0.1, -0.05) is 25.0 Å². The Labute approximate surface area is 193 Å². The summed E-state index contributed by atoms with van der Waals surface area (Å²) in [5.74, 6) is 0.977. The number of hydrogen-bond donors (Lipinski definition) is 1. The molecule has 0 amide bonds. The average molecular weight is 450 g/mol. The fourth-order valence-electron chi connectivity index (χ4n) is 5.12. The first-order chi connectivity index (χ1) is 16.0. The molecule has 2 aromatic heterocycles. The summed E-state index contributed by atoms with van der Waals surface area (Å²) in [6.07, 6.45) is 7.23. The molecule has 1 aliphatic carbocycles. The monoisotopic (exact) mass is 449 g/mol. The van der Waals surface area contributed by atoms with Crippen molar-refractivity contribution in [2.45, 2.75) is 58.0 Å². The maximum absolute atomic E-state index is 12.7. The van der Waals surface area contributed by atoms with Gasteiger partial charge in [0.2, 0.25) is 0 Å². The van der Waals surface area contributed by atoms with E-state index in [1.165, 1.54) is 18.4 Å². The number of benzene rings is 1. The van der Waals surface area contributed by atoms with Gasteiger partial charge in [0.05, 0.1) is 30.5 Å². The number of fused-ring (bicyclic) bond motifs is 1. The van der Waals surface area contributed by atoms with Crippen LogP contribution in [0.15, 0.2) is 35.3 Å². The molecule has 1 N–H and O–H groups in total. The molecule has 3 heterocycles. The summed E-state index contributed by atoms with van der Waals surface area (Å²) in [6, 6.07) is 8.08. The molecule has 0 bridgehead atoms. The number of hydrogen-bond acceptors (Lipinski definition) is 6. The molecule has 2 aliphatic rings. The zero-order chi connectivity index (χ0) is 22.9. The number of likely N-dealkylation sites (tertiary alicyclic amines) is 1. The maximum atomic E-state index is 12.7. The number of aromatic amines is 1. The quantitative estimate of drug-likeness (QED) is 0.554. The van der Waals surface area contributed by atoms with E-state index in [-0.39, 0.29) is 17.6 Å². The normalized spacial score (nSPS) is 18.5. The molecule has 1 saturated carbocycles. The van der Waals surface area contributed by atoms with Crippen molar-refractivity contribution in [3.63, 3.8) is 0 Å². The highest BCUT2D eigenvalue weighted by molar-refractivity contribution is 5.89. The van der Waals surface area contributed by atoms with Crippen LogP contribution in [0.2, 0.25) is 0 Å². The smallest absolute Gasteiger partial charge is 0.338 e. The first-order valence-corrected chi connectivity index (χ1v) is 12.0. The Hall–Kier alpha value is -3.00. The van der Waals surface area contributed by atoms with E-state index in [9.17, 15) is 9.59 Å². The van der Waals surface area contributed by atoms with E-state index >= 15 is 0 Å². The molecule has 1 atom stereocenters. The van der Waals surface area contributed by atoms with Crippen molar-refractivity contribution in [3.8, 4) is 0 Å². The molecule has 174 valence electrons. The molecule has 8 nitrogen and oxygen atoms in total. The summed E-state index contributed by atoms with van der Waals surface area (Å²) in [7, 11) is 0. The lowest BCUT2D eigenvalue weighted by molar-refractivity contribution is 0.0526. The van der Waals surface area contributed by atoms with E-state index < -0.39 is 0 Å². The van der Waals surface area contributed by atoms with Gasteiger partial charge in [0.1, 0.15) is 11.2 Å². The van der Waals surface area contributed by atoms with Gasteiger partial charge in [-0.05, 0) is 56.7 Å². The fraction of sp³-hybridized carbons (Fsp3) is 0.520. The van der Waals surface area contributed by atoms with E-state index in [2.05, 4.69) is 21.9 Å². The van der Waals surface area contributed by atoms with Crippen molar-refractivity contribution in [1.29, 1.82) is 0 Å². The lowest BCUT2D eigenvalue weighted by Gasteiger charge is -2.42. The number of esters is 1. The first-order valence-electron chi connectivity index (χ1n) is 12.0.